The maximum atomic E-state index is 6.10. The highest BCUT2D eigenvalue weighted by atomic mass is 35.5. The van der Waals surface area contributed by atoms with Crippen LogP contribution in [0.15, 0.2) is 42.5 Å². The van der Waals surface area contributed by atoms with Crippen LogP contribution in [0, 0.1) is 0 Å². The second kappa shape index (κ2) is 7.48. The third-order valence-electron chi connectivity index (χ3n) is 3.57. The van der Waals surface area contributed by atoms with Crippen LogP contribution in [0.1, 0.15) is 31.4 Å². The molecule has 0 amide bonds. The number of nitrogens with two attached hydrogens (primary N) is 1. The van der Waals surface area contributed by atoms with Gasteiger partial charge in [-0.25, -0.2) is 0 Å². The molecule has 2 nitrogen and oxygen atoms in total. The zero-order chi connectivity index (χ0) is 15.2. The van der Waals surface area contributed by atoms with E-state index >= 15 is 0 Å². The van der Waals surface area contributed by atoms with Gasteiger partial charge in [0.1, 0.15) is 11.5 Å². The van der Waals surface area contributed by atoms with Gasteiger partial charge >= 0.3 is 0 Å². The SMILES string of the molecule is CCc1cccc(Oc2cc(Cl)ccc2CC(N)CC)c1. The van der Waals surface area contributed by atoms with E-state index in [1.807, 2.05) is 30.3 Å². The highest BCUT2D eigenvalue weighted by molar-refractivity contribution is 6.30. The molecule has 0 fully saturated rings. The van der Waals surface area contributed by atoms with Crippen LogP contribution in [0.5, 0.6) is 11.5 Å². The first kappa shape index (κ1) is 15.9. The summed E-state index contributed by atoms with van der Waals surface area (Å²) in [5, 5.41) is 0.672. The Bertz CT molecular complexity index is 598. The van der Waals surface area contributed by atoms with Crippen LogP contribution in [0.4, 0.5) is 0 Å². The summed E-state index contributed by atoms with van der Waals surface area (Å²) in [4.78, 5) is 0. The molecule has 0 aliphatic rings. The van der Waals surface area contributed by atoms with Crippen LogP contribution in [0.2, 0.25) is 5.02 Å². The number of ether oxygens (including phenoxy) is 1. The van der Waals surface area contributed by atoms with Gasteiger partial charge < -0.3 is 10.5 Å². The van der Waals surface area contributed by atoms with Crippen molar-refractivity contribution in [2.45, 2.75) is 39.2 Å². The highest BCUT2D eigenvalue weighted by Gasteiger charge is 2.10. The smallest absolute Gasteiger partial charge is 0.132 e. The largest absolute Gasteiger partial charge is 0.457 e. The van der Waals surface area contributed by atoms with Gasteiger partial charge in [-0.15, -0.1) is 0 Å². The Hall–Kier alpha value is -1.51. The fourth-order valence-corrected chi connectivity index (χ4v) is 2.34. The summed E-state index contributed by atoms with van der Waals surface area (Å²) >= 11 is 6.10. The zero-order valence-electron chi connectivity index (χ0n) is 12.6. The number of aryl methyl sites for hydroxylation is 1. The zero-order valence-corrected chi connectivity index (χ0v) is 13.4. The number of hydrogen-bond acceptors (Lipinski definition) is 2. The lowest BCUT2D eigenvalue weighted by Crippen LogP contribution is -2.21. The Kier molecular flexibility index (Phi) is 5.66. The monoisotopic (exact) mass is 303 g/mol. The normalized spacial score (nSPS) is 12.2. The molecule has 2 aromatic rings. The first-order valence-corrected chi connectivity index (χ1v) is 7.81. The van der Waals surface area contributed by atoms with Crippen LogP contribution < -0.4 is 10.5 Å². The van der Waals surface area contributed by atoms with Gasteiger partial charge in [0.15, 0.2) is 0 Å². The van der Waals surface area contributed by atoms with Crippen LogP contribution in [-0.4, -0.2) is 6.04 Å². The third kappa shape index (κ3) is 4.48. The second-order valence-electron chi connectivity index (χ2n) is 5.23. The van der Waals surface area contributed by atoms with Gasteiger partial charge in [0, 0.05) is 11.1 Å². The van der Waals surface area contributed by atoms with E-state index in [4.69, 9.17) is 22.1 Å². The average Bonchev–Trinajstić information content (AvgIpc) is 2.50. The van der Waals surface area contributed by atoms with E-state index in [2.05, 4.69) is 26.0 Å². The van der Waals surface area contributed by atoms with Crippen molar-refractivity contribution in [3.63, 3.8) is 0 Å². The summed E-state index contributed by atoms with van der Waals surface area (Å²) in [6.45, 7) is 4.22. The minimum Gasteiger partial charge on any atom is -0.457 e. The van der Waals surface area contributed by atoms with Crippen LogP contribution in [0.25, 0.3) is 0 Å². The highest BCUT2D eigenvalue weighted by Crippen LogP contribution is 2.30. The Morgan fingerprint density at radius 1 is 1.14 bits per heavy atom. The first-order valence-electron chi connectivity index (χ1n) is 7.43. The van der Waals surface area contributed by atoms with Crippen molar-refractivity contribution in [3.05, 3.63) is 58.6 Å². The van der Waals surface area contributed by atoms with E-state index in [1.54, 1.807) is 0 Å². The molecule has 2 N–H and O–H groups in total. The maximum absolute atomic E-state index is 6.10. The van der Waals surface area contributed by atoms with E-state index in [0.29, 0.717) is 5.02 Å². The van der Waals surface area contributed by atoms with Crippen molar-refractivity contribution in [1.29, 1.82) is 0 Å². The standard InChI is InChI=1S/C18H22ClNO/c1-3-13-6-5-7-17(10-13)21-18-12-15(19)9-8-14(18)11-16(20)4-2/h5-10,12,16H,3-4,11,20H2,1-2H3. The third-order valence-corrected chi connectivity index (χ3v) is 3.81. The molecule has 1 unspecified atom stereocenters. The molecule has 0 saturated heterocycles. The van der Waals surface area contributed by atoms with Crippen molar-refractivity contribution in [2.24, 2.45) is 5.73 Å². The molecule has 0 radical (unpaired) electrons. The molecule has 0 aromatic heterocycles. The van der Waals surface area contributed by atoms with Gasteiger partial charge in [0.2, 0.25) is 0 Å². The molecular weight excluding hydrogens is 282 g/mol. The Morgan fingerprint density at radius 3 is 2.67 bits per heavy atom. The number of rotatable bonds is 6. The van der Waals surface area contributed by atoms with E-state index < -0.39 is 0 Å². The minimum atomic E-state index is 0.135. The van der Waals surface area contributed by atoms with Gasteiger partial charge in [0.25, 0.3) is 0 Å². The lowest BCUT2D eigenvalue weighted by molar-refractivity contribution is 0.471. The lowest BCUT2D eigenvalue weighted by Gasteiger charge is -2.15. The van der Waals surface area contributed by atoms with Crippen molar-refractivity contribution in [3.8, 4) is 11.5 Å². The van der Waals surface area contributed by atoms with Crippen molar-refractivity contribution >= 4 is 11.6 Å². The molecule has 21 heavy (non-hydrogen) atoms. The van der Waals surface area contributed by atoms with Crippen molar-refractivity contribution < 1.29 is 4.74 Å². The number of hydrogen-bond donors (Lipinski definition) is 1. The Labute approximate surface area is 131 Å². The maximum Gasteiger partial charge on any atom is 0.132 e. The molecule has 0 bridgehead atoms. The van der Waals surface area contributed by atoms with Gasteiger partial charge in [-0.3, -0.25) is 0 Å². The summed E-state index contributed by atoms with van der Waals surface area (Å²) in [5.41, 5.74) is 8.41. The summed E-state index contributed by atoms with van der Waals surface area (Å²) in [6.07, 6.45) is 2.71. The fourth-order valence-electron chi connectivity index (χ4n) is 2.17. The van der Waals surface area contributed by atoms with Crippen molar-refractivity contribution in [2.75, 3.05) is 0 Å². The molecule has 0 aliphatic heterocycles. The van der Waals surface area contributed by atoms with Gasteiger partial charge in [0.05, 0.1) is 0 Å². The Balaban J connectivity index is 2.26. The molecule has 2 rings (SSSR count). The summed E-state index contributed by atoms with van der Waals surface area (Å²) < 4.78 is 6.04. The topological polar surface area (TPSA) is 35.2 Å². The van der Waals surface area contributed by atoms with Gasteiger partial charge in [-0.2, -0.15) is 0 Å². The summed E-state index contributed by atoms with van der Waals surface area (Å²) in [6, 6.07) is 14.0. The molecule has 3 heteroatoms. The van der Waals surface area contributed by atoms with E-state index in [-0.39, 0.29) is 6.04 Å². The minimum absolute atomic E-state index is 0.135. The lowest BCUT2D eigenvalue weighted by atomic mass is 10.0. The molecular formula is C18H22ClNO. The molecule has 1 atom stereocenters. The van der Waals surface area contributed by atoms with Crippen LogP contribution >= 0.6 is 11.6 Å². The van der Waals surface area contributed by atoms with E-state index in [9.17, 15) is 0 Å². The van der Waals surface area contributed by atoms with E-state index in [0.717, 1.165) is 36.3 Å². The molecule has 2 aromatic carbocycles. The van der Waals surface area contributed by atoms with Crippen LogP contribution in [-0.2, 0) is 12.8 Å². The molecule has 0 aliphatic carbocycles. The van der Waals surface area contributed by atoms with Gasteiger partial charge in [-0.05, 0) is 54.7 Å². The first-order chi connectivity index (χ1) is 10.1. The van der Waals surface area contributed by atoms with E-state index in [1.165, 1.54) is 5.56 Å². The predicted octanol–water partition coefficient (Wildman–Crippen LogP) is 4.97. The molecule has 0 heterocycles. The predicted molar refractivity (Wildman–Crippen MR) is 89.3 cm³/mol. The fraction of sp³-hybridized carbons (Fsp3) is 0.333. The summed E-state index contributed by atoms with van der Waals surface area (Å²) in [5.74, 6) is 1.63. The summed E-state index contributed by atoms with van der Waals surface area (Å²) in [7, 11) is 0. The van der Waals surface area contributed by atoms with Crippen LogP contribution in [0.3, 0.4) is 0 Å². The van der Waals surface area contributed by atoms with Gasteiger partial charge in [-0.1, -0.05) is 43.6 Å². The second-order valence-corrected chi connectivity index (χ2v) is 5.66. The molecule has 0 spiro atoms. The molecule has 0 saturated carbocycles. The molecule has 112 valence electrons. The quantitative estimate of drug-likeness (QED) is 0.817. The Morgan fingerprint density at radius 2 is 1.95 bits per heavy atom. The number of benzene rings is 2. The number of halogens is 1. The van der Waals surface area contributed by atoms with Crippen molar-refractivity contribution in [1.82, 2.24) is 0 Å². The average molecular weight is 304 g/mol.